The molecule has 2 saturated heterocycles. The Balaban J connectivity index is 2.08. The topological polar surface area (TPSA) is 36.9 Å². The predicted octanol–water partition coefficient (Wildman–Crippen LogP) is -0.229. The van der Waals surface area contributed by atoms with E-state index in [1.807, 2.05) is 0 Å². The lowest BCUT2D eigenvalue weighted by molar-refractivity contribution is -0.132. The van der Waals surface area contributed by atoms with Gasteiger partial charge >= 0.3 is 0 Å². The fourth-order valence-corrected chi connectivity index (χ4v) is 1.68. The van der Waals surface area contributed by atoms with Crippen LogP contribution in [0.2, 0.25) is 0 Å². The van der Waals surface area contributed by atoms with Gasteiger partial charge in [0.05, 0.1) is 6.61 Å². The van der Waals surface area contributed by atoms with E-state index in [0.717, 1.165) is 0 Å². The first kappa shape index (κ1) is 7.49. The van der Waals surface area contributed by atoms with Crippen LogP contribution in [0.25, 0.3) is 0 Å². The van der Waals surface area contributed by atoms with Gasteiger partial charge in [0.1, 0.15) is 18.3 Å². The maximum absolute atomic E-state index is 5.41. The van der Waals surface area contributed by atoms with Crippen molar-refractivity contribution >= 4 is 0 Å². The lowest BCUT2D eigenvalue weighted by Gasteiger charge is -2.24. The molecule has 2 heterocycles. The van der Waals surface area contributed by atoms with E-state index in [4.69, 9.17) is 18.9 Å². The third kappa shape index (κ3) is 0.980. The van der Waals surface area contributed by atoms with Crippen LogP contribution in [-0.4, -0.2) is 45.4 Å². The highest BCUT2D eigenvalue weighted by Gasteiger charge is 2.51. The van der Waals surface area contributed by atoms with E-state index in [9.17, 15) is 0 Å². The molecule has 2 rings (SSSR count). The van der Waals surface area contributed by atoms with Gasteiger partial charge in [-0.05, 0) is 0 Å². The minimum Gasteiger partial charge on any atom is -0.376 e. The Morgan fingerprint density at radius 1 is 1.18 bits per heavy atom. The fraction of sp³-hybridized carbons (Fsp3) is 1.00. The first-order chi connectivity index (χ1) is 5.36. The first-order valence-electron chi connectivity index (χ1n) is 3.69. The standard InChI is InChI=1S/C7H12O4/c1-8-5-4-3-10-7(11-4)6(5)9-2/h4-7H,3H2,1-2H3/t4-,5-,6+,7-/m1/s1. The van der Waals surface area contributed by atoms with Crippen molar-refractivity contribution in [2.45, 2.75) is 24.6 Å². The van der Waals surface area contributed by atoms with Crippen molar-refractivity contribution in [3.05, 3.63) is 0 Å². The Kier molecular flexibility index (Phi) is 1.85. The summed E-state index contributed by atoms with van der Waals surface area (Å²) in [5, 5.41) is 0. The van der Waals surface area contributed by atoms with Gasteiger partial charge in [0, 0.05) is 14.2 Å². The number of hydrogen-bond acceptors (Lipinski definition) is 4. The zero-order valence-electron chi connectivity index (χ0n) is 6.65. The predicted molar refractivity (Wildman–Crippen MR) is 36.2 cm³/mol. The third-order valence-corrected chi connectivity index (χ3v) is 2.24. The van der Waals surface area contributed by atoms with Gasteiger partial charge in [-0.3, -0.25) is 0 Å². The molecule has 0 radical (unpaired) electrons. The molecular weight excluding hydrogens is 148 g/mol. The van der Waals surface area contributed by atoms with E-state index >= 15 is 0 Å². The van der Waals surface area contributed by atoms with Crippen molar-refractivity contribution in [1.82, 2.24) is 0 Å². The summed E-state index contributed by atoms with van der Waals surface area (Å²) in [4.78, 5) is 0. The zero-order chi connectivity index (χ0) is 7.84. The molecule has 0 unspecified atom stereocenters. The molecule has 0 aliphatic carbocycles. The Morgan fingerprint density at radius 2 is 1.91 bits per heavy atom. The van der Waals surface area contributed by atoms with E-state index in [-0.39, 0.29) is 24.6 Å². The maximum Gasteiger partial charge on any atom is 0.187 e. The zero-order valence-corrected chi connectivity index (χ0v) is 6.65. The number of hydrogen-bond donors (Lipinski definition) is 0. The van der Waals surface area contributed by atoms with Crippen molar-refractivity contribution in [3.8, 4) is 0 Å². The summed E-state index contributed by atoms with van der Waals surface area (Å²) in [6.45, 7) is 0.628. The average molecular weight is 160 g/mol. The van der Waals surface area contributed by atoms with Gasteiger partial charge in [0.2, 0.25) is 0 Å². The highest BCUT2D eigenvalue weighted by atomic mass is 16.8. The smallest absolute Gasteiger partial charge is 0.187 e. The summed E-state index contributed by atoms with van der Waals surface area (Å²) < 4.78 is 21.1. The molecule has 2 fully saturated rings. The molecule has 0 aromatic rings. The summed E-state index contributed by atoms with van der Waals surface area (Å²) in [5.41, 5.74) is 0. The number of rotatable bonds is 2. The Morgan fingerprint density at radius 3 is 2.45 bits per heavy atom. The molecule has 0 aromatic carbocycles. The molecule has 0 spiro atoms. The largest absolute Gasteiger partial charge is 0.376 e. The van der Waals surface area contributed by atoms with Crippen LogP contribution in [0.15, 0.2) is 0 Å². The van der Waals surface area contributed by atoms with Crippen LogP contribution >= 0.6 is 0 Å². The van der Waals surface area contributed by atoms with E-state index in [1.165, 1.54) is 0 Å². The van der Waals surface area contributed by atoms with Crippen LogP contribution in [-0.2, 0) is 18.9 Å². The van der Waals surface area contributed by atoms with Gasteiger partial charge in [0.25, 0.3) is 0 Å². The van der Waals surface area contributed by atoms with Gasteiger partial charge in [-0.15, -0.1) is 0 Å². The Labute approximate surface area is 65.4 Å². The van der Waals surface area contributed by atoms with Crippen molar-refractivity contribution in [2.24, 2.45) is 0 Å². The summed E-state index contributed by atoms with van der Waals surface area (Å²) in [6, 6.07) is 0. The van der Waals surface area contributed by atoms with Gasteiger partial charge < -0.3 is 18.9 Å². The minimum absolute atomic E-state index is 0.0405. The first-order valence-corrected chi connectivity index (χ1v) is 3.69. The second kappa shape index (κ2) is 2.71. The summed E-state index contributed by atoms with van der Waals surface area (Å²) in [7, 11) is 3.31. The van der Waals surface area contributed by atoms with Crippen molar-refractivity contribution in [1.29, 1.82) is 0 Å². The summed E-state index contributed by atoms with van der Waals surface area (Å²) >= 11 is 0. The number of ether oxygens (including phenoxy) is 4. The number of methoxy groups -OCH3 is 2. The van der Waals surface area contributed by atoms with Gasteiger partial charge in [0.15, 0.2) is 6.29 Å². The number of fused-ring (bicyclic) bond motifs is 2. The second-order valence-corrected chi connectivity index (χ2v) is 2.78. The molecule has 0 aromatic heterocycles. The van der Waals surface area contributed by atoms with E-state index in [1.54, 1.807) is 14.2 Å². The normalized spacial score (nSPS) is 48.5. The molecule has 0 saturated carbocycles. The molecule has 0 N–H and O–H groups in total. The van der Waals surface area contributed by atoms with Crippen molar-refractivity contribution in [2.75, 3.05) is 20.8 Å². The molecule has 11 heavy (non-hydrogen) atoms. The molecule has 0 amide bonds. The molecule has 4 atom stereocenters. The molecule has 2 bridgehead atoms. The highest BCUT2D eigenvalue weighted by Crippen LogP contribution is 2.32. The molecule has 64 valence electrons. The second-order valence-electron chi connectivity index (χ2n) is 2.78. The quantitative estimate of drug-likeness (QED) is 0.559. The highest BCUT2D eigenvalue weighted by molar-refractivity contribution is 4.93. The minimum atomic E-state index is -0.213. The monoisotopic (exact) mass is 160 g/mol. The van der Waals surface area contributed by atoms with Crippen LogP contribution in [0.4, 0.5) is 0 Å². The molecule has 4 heteroatoms. The molecule has 2 aliphatic heterocycles. The Bertz CT molecular complexity index is 133. The lowest BCUT2D eigenvalue weighted by Crippen LogP contribution is -2.42. The van der Waals surface area contributed by atoms with Crippen LogP contribution in [0, 0.1) is 0 Å². The van der Waals surface area contributed by atoms with Crippen LogP contribution in [0.5, 0.6) is 0 Å². The van der Waals surface area contributed by atoms with Crippen molar-refractivity contribution in [3.63, 3.8) is 0 Å². The van der Waals surface area contributed by atoms with Gasteiger partial charge in [-0.2, -0.15) is 0 Å². The average Bonchev–Trinajstić information content (AvgIpc) is 2.60. The fourth-order valence-electron chi connectivity index (χ4n) is 1.68. The third-order valence-electron chi connectivity index (χ3n) is 2.24. The van der Waals surface area contributed by atoms with Crippen LogP contribution < -0.4 is 0 Å². The molecular formula is C7H12O4. The van der Waals surface area contributed by atoms with Crippen LogP contribution in [0.1, 0.15) is 0 Å². The van der Waals surface area contributed by atoms with E-state index in [2.05, 4.69) is 0 Å². The molecule has 4 nitrogen and oxygen atoms in total. The summed E-state index contributed by atoms with van der Waals surface area (Å²) in [6.07, 6.45) is -0.164. The van der Waals surface area contributed by atoms with E-state index < -0.39 is 0 Å². The maximum atomic E-state index is 5.41. The van der Waals surface area contributed by atoms with Gasteiger partial charge in [-0.1, -0.05) is 0 Å². The Hall–Kier alpha value is -0.160. The molecule has 2 aliphatic rings. The van der Waals surface area contributed by atoms with Crippen molar-refractivity contribution < 1.29 is 18.9 Å². The van der Waals surface area contributed by atoms with Gasteiger partial charge in [-0.25, -0.2) is 0 Å². The SMILES string of the molecule is CO[C@@H]1[C@@H]2OC[C@@H](O2)[C@H]1OC. The summed E-state index contributed by atoms with van der Waals surface area (Å²) in [5.74, 6) is 0. The van der Waals surface area contributed by atoms with Crippen LogP contribution in [0.3, 0.4) is 0 Å². The lowest BCUT2D eigenvalue weighted by atomic mass is 10.1. The van der Waals surface area contributed by atoms with E-state index in [0.29, 0.717) is 6.61 Å².